The van der Waals surface area contributed by atoms with Crippen molar-refractivity contribution in [2.24, 2.45) is 7.05 Å². The topological polar surface area (TPSA) is 73.4 Å². The molecule has 0 amide bonds. The molecule has 17 heavy (non-hydrogen) atoms. The highest BCUT2D eigenvalue weighted by Gasteiger charge is 2.26. The summed E-state index contributed by atoms with van der Waals surface area (Å²) in [6, 6.07) is 0. The number of methoxy groups -OCH3 is 1. The third-order valence-electron chi connectivity index (χ3n) is 2.55. The van der Waals surface area contributed by atoms with Crippen molar-refractivity contribution in [3.8, 4) is 0 Å². The molecule has 96 valence electrons. The van der Waals surface area contributed by atoms with Crippen molar-refractivity contribution in [1.82, 2.24) is 9.78 Å². The van der Waals surface area contributed by atoms with E-state index in [4.69, 9.17) is 4.74 Å². The first-order valence-corrected chi connectivity index (χ1v) is 5.37. The van der Waals surface area contributed by atoms with E-state index in [2.05, 4.69) is 5.10 Å². The van der Waals surface area contributed by atoms with E-state index in [1.807, 2.05) is 11.9 Å². The number of ether oxygens (including phenoxy) is 1. The van der Waals surface area contributed by atoms with Crippen molar-refractivity contribution >= 4 is 11.5 Å². The third-order valence-corrected chi connectivity index (χ3v) is 2.55. The lowest BCUT2D eigenvalue weighted by Gasteiger charge is -2.17. The van der Waals surface area contributed by atoms with Gasteiger partial charge in [-0.3, -0.25) is 10.1 Å². The van der Waals surface area contributed by atoms with Gasteiger partial charge in [-0.15, -0.1) is 0 Å². The largest absolute Gasteiger partial charge is 0.385 e. The van der Waals surface area contributed by atoms with E-state index >= 15 is 0 Å². The third kappa shape index (κ3) is 2.94. The van der Waals surface area contributed by atoms with E-state index < -0.39 is 0 Å². The van der Waals surface area contributed by atoms with Crippen LogP contribution in [-0.4, -0.2) is 42.0 Å². The fourth-order valence-electron chi connectivity index (χ4n) is 1.83. The molecule has 0 aliphatic rings. The summed E-state index contributed by atoms with van der Waals surface area (Å²) in [4.78, 5) is 12.4. The molecule has 0 bridgehead atoms. The number of aromatic nitrogens is 2. The molecule has 1 heterocycles. The maximum Gasteiger partial charge on any atom is 0.333 e. The Morgan fingerprint density at radius 2 is 2.24 bits per heavy atom. The van der Waals surface area contributed by atoms with Gasteiger partial charge < -0.3 is 9.64 Å². The van der Waals surface area contributed by atoms with Crippen molar-refractivity contribution in [2.45, 2.75) is 13.3 Å². The molecule has 1 rings (SSSR count). The summed E-state index contributed by atoms with van der Waals surface area (Å²) in [7, 11) is 5.16. The molecule has 1 aromatic rings. The first kappa shape index (κ1) is 13.4. The van der Waals surface area contributed by atoms with E-state index in [1.54, 1.807) is 25.8 Å². The van der Waals surface area contributed by atoms with Gasteiger partial charge in [0, 0.05) is 34.4 Å². The minimum absolute atomic E-state index is 0.0763. The van der Waals surface area contributed by atoms with Gasteiger partial charge in [0.1, 0.15) is 5.69 Å². The Morgan fingerprint density at radius 3 is 2.76 bits per heavy atom. The van der Waals surface area contributed by atoms with Gasteiger partial charge >= 0.3 is 5.69 Å². The second-order valence-corrected chi connectivity index (χ2v) is 3.91. The summed E-state index contributed by atoms with van der Waals surface area (Å²) in [5, 5.41) is 15.1. The maximum absolute atomic E-state index is 11.0. The first-order valence-electron chi connectivity index (χ1n) is 5.37. The van der Waals surface area contributed by atoms with Crippen molar-refractivity contribution in [3.63, 3.8) is 0 Å². The number of nitro groups is 1. The van der Waals surface area contributed by atoms with Crippen LogP contribution in [0.2, 0.25) is 0 Å². The summed E-state index contributed by atoms with van der Waals surface area (Å²) < 4.78 is 6.50. The lowest BCUT2D eigenvalue weighted by atomic mass is 10.3. The zero-order valence-electron chi connectivity index (χ0n) is 10.6. The fourth-order valence-corrected chi connectivity index (χ4v) is 1.83. The van der Waals surface area contributed by atoms with Gasteiger partial charge in [-0.2, -0.15) is 5.10 Å². The van der Waals surface area contributed by atoms with Crippen LogP contribution >= 0.6 is 0 Å². The molecular weight excluding hydrogens is 224 g/mol. The number of aryl methyl sites for hydroxylation is 2. The van der Waals surface area contributed by atoms with Gasteiger partial charge in [0.05, 0.1) is 4.92 Å². The maximum atomic E-state index is 11.0. The smallest absolute Gasteiger partial charge is 0.333 e. The lowest BCUT2D eigenvalue weighted by Crippen LogP contribution is -2.23. The van der Waals surface area contributed by atoms with E-state index in [0.29, 0.717) is 24.7 Å². The zero-order chi connectivity index (χ0) is 13.0. The van der Waals surface area contributed by atoms with E-state index in [-0.39, 0.29) is 10.6 Å². The van der Waals surface area contributed by atoms with E-state index in [0.717, 1.165) is 6.42 Å². The minimum atomic E-state index is -0.384. The average Bonchev–Trinajstić information content (AvgIpc) is 2.53. The molecular formula is C10H18N4O3. The first-order chi connectivity index (χ1) is 7.99. The van der Waals surface area contributed by atoms with Gasteiger partial charge in [0.25, 0.3) is 0 Å². The SMILES string of the molecule is COCCCN(C)c1c([N+](=O)[O-])c(C)nn1C. The van der Waals surface area contributed by atoms with Gasteiger partial charge in [0.2, 0.25) is 5.82 Å². The van der Waals surface area contributed by atoms with Crippen molar-refractivity contribution in [2.75, 3.05) is 32.2 Å². The summed E-state index contributed by atoms with van der Waals surface area (Å²) in [5.41, 5.74) is 0.513. The highest BCUT2D eigenvalue weighted by Crippen LogP contribution is 2.29. The summed E-state index contributed by atoms with van der Waals surface area (Å²) in [5.74, 6) is 0.531. The van der Waals surface area contributed by atoms with Gasteiger partial charge in [-0.05, 0) is 13.3 Å². The molecule has 1 aromatic heterocycles. The van der Waals surface area contributed by atoms with E-state index in [9.17, 15) is 10.1 Å². The molecule has 0 unspecified atom stereocenters. The lowest BCUT2D eigenvalue weighted by molar-refractivity contribution is -0.384. The highest BCUT2D eigenvalue weighted by atomic mass is 16.6. The number of nitrogens with zero attached hydrogens (tertiary/aromatic N) is 4. The number of hydrogen-bond acceptors (Lipinski definition) is 5. The van der Waals surface area contributed by atoms with Gasteiger partial charge in [-0.25, -0.2) is 4.68 Å². The number of hydrogen-bond donors (Lipinski definition) is 0. The zero-order valence-corrected chi connectivity index (χ0v) is 10.6. The Hall–Kier alpha value is -1.63. The normalized spacial score (nSPS) is 10.6. The number of rotatable bonds is 6. The molecule has 7 nitrogen and oxygen atoms in total. The van der Waals surface area contributed by atoms with E-state index in [1.165, 1.54) is 0 Å². The van der Waals surface area contributed by atoms with Crippen LogP contribution in [0.25, 0.3) is 0 Å². The molecule has 0 aromatic carbocycles. The van der Waals surface area contributed by atoms with Crippen LogP contribution in [0.4, 0.5) is 11.5 Å². The molecule has 0 fully saturated rings. The minimum Gasteiger partial charge on any atom is -0.385 e. The standard InChI is InChI=1S/C10H18N4O3/c1-8-9(14(15)16)10(13(3)11-8)12(2)6-5-7-17-4/h5-7H2,1-4H3. The van der Waals surface area contributed by atoms with Crippen LogP contribution in [0.1, 0.15) is 12.1 Å². The van der Waals surface area contributed by atoms with Crippen LogP contribution < -0.4 is 4.90 Å². The molecule has 0 N–H and O–H groups in total. The Kier molecular flexibility index (Phi) is 4.45. The molecule has 0 spiro atoms. The molecule has 0 atom stereocenters. The Morgan fingerprint density at radius 1 is 1.59 bits per heavy atom. The van der Waals surface area contributed by atoms with Gasteiger partial charge in [0.15, 0.2) is 0 Å². The predicted molar refractivity (Wildman–Crippen MR) is 64.4 cm³/mol. The average molecular weight is 242 g/mol. The van der Waals surface area contributed by atoms with Gasteiger partial charge in [-0.1, -0.05) is 0 Å². The van der Waals surface area contributed by atoms with Crippen LogP contribution in [-0.2, 0) is 11.8 Å². The fraction of sp³-hybridized carbons (Fsp3) is 0.700. The van der Waals surface area contributed by atoms with Crippen LogP contribution in [0, 0.1) is 17.0 Å². The second kappa shape index (κ2) is 5.62. The monoisotopic (exact) mass is 242 g/mol. The van der Waals surface area contributed by atoms with Crippen LogP contribution in [0.15, 0.2) is 0 Å². The summed E-state index contributed by atoms with van der Waals surface area (Å²) >= 11 is 0. The highest BCUT2D eigenvalue weighted by molar-refractivity contribution is 5.60. The summed E-state index contributed by atoms with van der Waals surface area (Å²) in [6.07, 6.45) is 0.814. The molecule has 7 heteroatoms. The molecule has 0 saturated heterocycles. The molecule has 0 saturated carbocycles. The van der Waals surface area contributed by atoms with Crippen molar-refractivity contribution < 1.29 is 9.66 Å². The second-order valence-electron chi connectivity index (χ2n) is 3.91. The van der Waals surface area contributed by atoms with Crippen LogP contribution in [0.5, 0.6) is 0 Å². The van der Waals surface area contributed by atoms with Crippen molar-refractivity contribution in [3.05, 3.63) is 15.8 Å². The Balaban J connectivity index is 2.92. The van der Waals surface area contributed by atoms with Crippen LogP contribution in [0.3, 0.4) is 0 Å². The summed E-state index contributed by atoms with van der Waals surface area (Å²) in [6.45, 7) is 2.97. The number of anilines is 1. The van der Waals surface area contributed by atoms with Crippen molar-refractivity contribution in [1.29, 1.82) is 0 Å². The quantitative estimate of drug-likeness (QED) is 0.424. The molecule has 0 aliphatic carbocycles. The molecule has 0 radical (unpaired) electrons. The Bertz CT molecular complexity index is 403. The molecule has 0 aliphatic heterocycles. The Labute approximate surface area is 100 Å². The predicted octanol–water partition coefficient (Wildman–Crippen LogP) is 1.11.